The average molecular weight is 267 g/mol. The van der Waals surface area contributed by atoms with Crippen LogP contribution in [0.15, 0.2) is 28.7 Å². The molecular weight excluding hydrogens is 263 g/mol. The molecule has 0 N–H and O–H groups in total. The third kappa shape index (κ3) is 2.31. The standard InChI is InChI=1S/C11H4Cl2N2O2/c12-9-8(5-14)17-11(15-9)7-3-1-6(2-4-7)10(13)16/h1-4H. The normalized spacial score (nSPS) is 9.94. The summed E-state index contributed by atoms with van der Waals surface area (Å²) in [5.41, 5.74) is 0.976. The van der Waals surface area contributed by atoms with Gasteiger partial charge in [0.15, 0.2) is 5.15 Å². The molecule has 4 nitrogen and oxygen atoms in total. The summed E-state index contributed by atoms with van der Waals surface area (Å²) < 4.78 is 5.13. The predicted molar refractivity (Wildman–Crippen MR) is 61.8 cm³/mol. The summed E-state index contributed by atoms with van der Waals surface area (Å²) >= 11 is 11.0. The third-order valence-corrected chi connectivity index (χ3v) is 2.52. The molecule has 2 rings (SSSR count). The van der Waals surface area contributed by atoms with Crippen molar-refractivity contribution in [1.29, 1.82) is 5.26 Å². The molecule has 0 fully saturated rings. The molecule has 0 amide bonds. The number of carbonyl (C=O) groups is 1. The zero-order chi connectivity index (χ0) is 12.4. The molecule has 17 heavy (non-hydrogen) atoms. The van der Waals surface area contributed by atoms with Crippen molar-refractivity contribution in [2.45, 2.75) is 0 Å². The van der Waals surface area contributed by atoms with Gasteiger partial charge in [-0.3, -0.25) is 4.79 Å². The highest BCUT2D eigenvalue weighted by Gasteiger charge is 2.12. The van der Waals surface area contributed by atoms with Crippen molar-refractivity contribution in [2.24, 2.45) is 0 Å². The summed E-state index contributed by atoms with van der Waals surface area (Å²) in [4.78, 5) is 14.7. The van der Waals surface area contributed by atoms with Gasteiger partial charge in [0.25, 0.3) is 5.24 Å². The Bertz CT molecular complexity index is 611. The van der Waals surface area contributed by atoms with Gasteiger partial charge in [0.1, 0.15) is 6.07 Å². The fraction of sp³-hybridized carbons (Fsp3) is 0. The molecule has 0 atom stereocenters. The second kappa shape index (κ2) is 4.58. The maximum absolute atomic E-state index is 10.9. The minimum absolute atomic E-state index is 0.0139. The molecule has 0 aliphatic heterocycles. The number of nitrogens with zero attached hydrogens (tertiary/aromatic N) is 2. The van der Waals surface area contributed by atoms with Gasteiger partial charge in [0, 0.05) is 11.1 Å². The number of benzene rings is 1. The highest BCUT2D eigenvalue weighted by atomic mass is 35.5. The molecular formula is C11H4Cl2N2O2. The lowest BCUT2D eigenvalue weighted by Crippen LogP contribution is -1.87. The maximum atomic E-state index is 10.9. The molecule has 84 valence electrons. The van der Waals surface area contributed by atoms with Gasteiger partial charge in [0.2, 0.25) is 11.7 Å². The van der Waals surface area contributed by atoms with Crippen LogP contribution in [0, 0.1) is 11.3 Å². The Morgan fingerprint density at radius 1 is 1.35 bits per heavy atom. The van der Waals surface area contributed by atoms with Gasteiger partial charge in [-0.1, -0.05) is 11.6 Å². The van der Waals surface area contributed by atoms with Crippen molar-refractivity contribution in [2.75, 3.05) is 0 Å². The average Bonchev–Trinajstić information content (AvgIpc) is 2.70. The zero-order valence-electron chi connectivity index (χ0n) is 8.28. The molecule has 0 spiro atoms. The quantitative estimate of drug-likeness (QED) is 0.783. The molecule has 0 bridgehead atoms. The van der Waals surface area contributed by atoms with Crippen LogP contribution in [-0.4, -0.2) is 10.2 Å². The number of rotatable bonds is 2. The van der Waals surface area contributed by atoms with Crippen LogP contribution >= 0.6 is 23.2 Å². The second-order valence-corrected chi connectivity index (χ2v) is 3.80. The van der Waals surface area contributed by atoms with Crippen LogP contribution in [0.25, 0.3) is 11.5 Å². The van der Waals surface area contributed by atoms with Gasteiger partial charge >= 0.3 is 0 Å². The number of carbonyl (C=O) groups excluding carboxylic acids is 1. The minimum atomic E-state index is -0.542. The van der Waals surface area contributed by atoms with Crippen molar-refractivity contribution in [3.8, 4) is 17.5 Å². The van der Waals surface area contributed by atoms with E-state index < -0.39 is 5.24 Å². The van der Waals surface area contributed by atoms with E-state index in [1.54, 1.807) is 18.2 Å². The van der Waals surface area contributed by atoms with E-state index in [0.29, 0.717) is 11.1 Å². The van der Waals surface area contributed by atoms with Gasteiger partial charge in [-0.05, 0) is 35.9 Å². The Labute approximate surface area is 106 Å². The van der Waals surface area contributed by atoms with E-state index in [1.807, 2.05) is 0 Å². The van der Waals surface area contributed by atoms with E-state index in [-0.39, 0.29) is 16.8 Å². The van der Waals surface area contributed by atoms with Gasteiger partial charge in [-0.15, -0.1) is 0 Å². The Morgan fingerprint density at radius 2 is 2.00 bits per heavy atom. The van der Waals surface area contributed by atoms with E-state index in [2.05, 4.69) is 4.98 Å². The summed E-state index contributed by atoms with van der Waals surface area (Å²) in [6, 6.07) is 8.07. The zero-order valence-corrected chi connectivity index (χ0v) is 9.79. The fourth-order valence-electron chi connectivity index (χ4n) is 1.24. The van der Waals surface area contributed by atoms with Gasteiger partial charge in [0.05, 0.1) is 0 Å². The molecule has 1 heterocycles. The smallest absolute Gasteiger partial charge is 0.252 e. The van der Waals surface area contributed by atoms with Crippen molar-refractivity contribution in [1.82, 2.24) is 4.98 Å². The first-order valence-electron chi connectivity index (χ1n) is 4.48. The number of hydrogen-bond acceptors (Lipinski definition) is 4. The summed E-state index contributed by atoms with van der Waals surface area (Å²) in [5, 5.41) is 8.14. The van der Waals surface area contributed by atoms with Crippen LogP contribution in [0.3, 0.4) is 0 Å². The molecule has 6 heteroatoms. The predicted octanol–water partition coefficient (Wildman–Crippen LogP) is 3.25. The highest BCUT2D eigenvalue weighted by molar-refractivity contribution is 6.67. The molecule has 0 saturated carbocycles. The Kier molecular flexibility index (Phi) is 3.14. The molecule has 2 aromatic rings. The number of hydrogen-bond donors (Lipinski definition) is 0. The van der Waals surface area contributed by atoms with E-state index in [1.165, 1.54) is 12.1 Å². The molecule has 0 unspecified atom stereocenters. The summed E-state index contributed by atoms with van der Waals surface area (Å²) in [6.45, 7) is 0. The van der Waals surface area contributed by atoms with Crippen molar-refractivity contribution in [3.05, 3.63) is 40.7 Å². The minimum Gasteiger partial charge on any atom is -0.424 e. The van der Waals surface area contributed by atoms with E-state index in [4.69, 9.17) is 32.9 Å². The number of oxazole rings is 1. The van der Waals surface area contributed by atoms with E-state index >= 15 is 0 Å². The molecule has 0 radical (unpaired) electrons. The van der Waals surface area contributed by atoms with Crippen molar-refractivity contribution in [3.63, 3.8) is 0 Å². The van der Waals surface area contributed by atoms with Crippen LogP contribution in [0.5, 0.6) is 0 Å². The number of nitriles is 1. The monoisotopic (exact) mass is 266 g/mol. The maximum Gasteiger partial charge on any atom is 0.252 e. The van der Waals surface area contributed by atoms with Gasteiger partial charge in [-0.2, -0.15) is 10.2 Å². The first-order valence-corrected chi connectivity index (χ1v) is 5.24. The van der Waals surface area contributed by atoms with Crippen LogP contribution in [0.1, 0.15) is 16.1 Å². The lowest BCUT2D eigenvalue weighted by Gasteiger charge is -1.96. The number of aromatic nitrogens is 1. The SMILES string of the molecule is N#Cc1oc(-c2ccc(C(=O)Cl)cc2)nc1Cl. The van der Waals surface area contributed by atoms with E-state index in [9.17, 15) is 4.79 Å². The van der Waals surface area contributed by atoms with Crippen LogP contribution in [-0.2, 0) is 0 Å². The van der Waals surface area contributed by atoms with Crippen molar-refractivity contribution < 1.29 is 9.21 Å². The van der Waals surface area contributed by atoms with Gasteiger partial charge < -0.3 is 4.42 Å². The highest BCUT2D eigenvalue weighted by Crippen LogP contribution is 2.24. The Hall–Kier alpha value is -1.83. The first kappa shape index (κ1) is 11.6. The molecule has 0 aliphatic rings. The molecule has 0 aliphatic carbocycles. The first-order chi connectivity index (χ1) is 8.11. The third-order valence-electron chi connectivity index (χ3n) is 2.05. The second-order valence-electron chi connectivity index (χ2n) is 3.10. The number of halogens is 2. The van der Waals surface area contributed by atoms with Crippen LogP contribution in [0.2, 0.25) is 5.15 Å². The molecule has 0 saturated heterocycles. The Balaban J connectivity index is 2.40. The van der Waals surface area contributed by atoms with Crippen molar-refractivity contribution >= 4 is 28.4 Å². The lowest BCUT2D eigenvalue weighted by molar-refractivity contribution is 0.108. The topological polar surface area (TPSA) is 66.9 Å². The van der Waals surface area contributed by atoms with Gasteiger partial charge in [-0.25, -0.2) is 0 Å². The molecule has 1 aromatic heterocycles. The Morgan fingerprint density at radius 3 is 2.47 bits per heavy atom. The summed E-state index contributed by atoms with van der Waals surface area (Å²) in [6.07, 6.45) is 0. The largest absolute Gasteiger partial charge is 0.424 e. The summed E-state index contributed by atoms with van der Waals surface area (Å²) in [5.74, 6) is 0.180. The van der Waals surface area contributed by atoms with Crippen LogP contribution < -0.4 is 0 Å². The lowest BCUT2D eigenvalue weighted by atomic mass is 10.1. The van der Waals surface area contributed by atoms with E-state index in [0.717, 1.165) is 0 Å². The fourth-order valence-corrected chi connectivity index (χ4v) is 1.52. The summed E-state index contributed by atoms with van der Waals surface area (Å²) in [7, 11) is 0. The van der Waals surface area contributed by atoms with Crippen LogP contribution in [0.4, 0.5) is 0 Å². The molecule has 1 aromatic carbocycles.